The lowest BCUT2D eigenvalue weighted by atomic mass is 9.69. The number of hydrogen-bond donors (Lipinski definition) is 3. The molecule has 1 unspecified atom stereocenters. The Morgan fingerprint density at radius 3 is 2.60 bits per heavy atom. The fraction of sp³-hybridized carbons (Fsp3) is 0.333. The second-order valence-electron chi connectivity index (χ2n) is 7.42. The number of fused-ring (bicyclic) bond motifs is 1. The molecule has 0 fully saturated rings. The molecular formula is C18H17Cl2N3O2. The van der Waals surface area contributed by atoms with Gasteiger partial charge in [0.2, 0.25) is 0 Å². The van der Waals surface area contributed by atoms with E-state index in [4.69, 9.17) is 23.2 Å². The van der Waals surface area contributed by atoms with Gasteiger partial charge in [-0.2, -0.15) is 0 Å². The lowest BCUT2D eigenvalue weighted by Crippen LogP contribution is -2.35. The summed E-state index contributed by atoms with van der Waals surface area (Å²) in [5, 5.41) is 9.66. The monoisotopic (exact) mass is 377 g/mol. The van der Waals surface area contributed by atoms with Gasteiger partial charge in [0.15, 0.2) is 5.78 Å². The van der Waals surface area contributed by atoms with Crippen LogP contribution in [0.4, 0.5) is 5.82 Å². The highest BCUT2D eigenvalue weighted by atomic mass is 35.5. The van der Waals surface area contributed by atoms with E-state index in [1.54, 1.807) is 18.2 Å². The standard InChI is InChI=1S/C18H17Cl2N3O2/c1-18(2)6-11-14(12(24)7-18)13(9-4-3-8(19)5-10(9)20)15-16(21-11)22-23-17(15)25/h3-5,13H,6-7H2,1-2H3,(H3,21,22,23,25). The fourth-order valence-corrected chi connectivity index (χ4v) is 4.38. The highest BCUT2D eigenvalue weighted by Gasteiger charge is 2.42. The van der Waals surface area contributed by atoms with Crippen molar-refractivity contribution in [1.29, 1.82) is 0 Å². The van der Waals surface area contributed by atoms with E-state index in [0.717, 1.165) is 12.1 Å². The first-order chi connectivity index (χ1) is 11.8. The molecule has 0 spiro atoms. The van der Waals surface area contributed by atoms with Gasteiger partial charge in [-0.3, -0.25) is 19.8 Å². The summed E-state index contributed by atoms with van der Waals surface area (Å²) in [6.45, 7) is 4.13. The largest absolute Gasteiger partial charge is 0.343 e. The van der Waals surface area contributed by atoms with Gasteiger partial charge in [-0.05, 0) is 29.5 Å². The van der Waals surface area contributed by atoms with Gasteiger partial charge in [-0.25, -0.2) is 0 Å². The molecule has 0 radical (unpaired) electrons. The minimum Gasteiger partial charge on any atom is -0.343 e. The smallest absolute Gasteiger partial charge is 0.270 e. The highest BCUT2D eigenvalue weighted by Crippen LogP contribution is 2.48. The molecule has 4 rings (SSSR count). The first kappa shape index (κ1) is 16.5. The van der Waals surface area contributed by atoms with Gasteiger partial charge in [-0.1, -0.05) is 43.1 Å². The fourth-order valence-electron chi connectivity index (χ4n) is 3.86. The number of rotatable bonds is 1. The van der Waals surface area contributed by atoms with Crippen molar-refractivity contribution >= 4 is 34.8 Å². The van der Waals surface area contributed by atoms with Crippen molar-refractivity contribution in [2.45, 2.75) is 32.6 Å². The number of anilines is 1. The van der Waals surface area contributed by atoms with Gasteiger partial charge in [-0.15, -0.1) is 0 Å². The number of nitrogens with one attached hydrogen (secondary N) is 3. The predicted molar refractivity (Wildman–Crippen MR) is 98.4 cm³/mol. The molecule has 5 nitrogen and oxygen atoms in total. The van der Waals surface area contributed by atoms with E-state index in [0.29, 0.717) is 39.0 Å². The van der Waals surface area contributed by atoms with Crippen LogP contribution in [0.2, 0.25) is 10.0 Å². The van der Waals surface area contributed by atoms with Gasteiger partial charge in [0.05, 0.1) is 5.56 Å². The molecule has 0 amide bonds. The Hall–Kier alpha value is -1.98. The molecule has 2 aliphatic rings. The van der Waals surface area contributed by atoms with Gasteiger partial charge in [0, 0.05) is 33.7 Å². The molecule has 0 saturated heterocycles. The van der Waals surface area contributed by atoms with Crippen LogP contribution in [0.3, 0.4) is 0 Å². The molecule has 3 N–H and O–H groups in total. The van der Waals surface area contributed by atoms with Crippen LogP contribution in [0.15, 0.2) is 34.3 Å². The van der Waals surface area contributed by atoms with Crippen molar-refractivity contribution in [3.8, 4) is 0 Å². The zero-order valence-electron chi connectivity index (χ0n) is 13.8. The second-order valence-corrected chi connectivity index (χ2v) is 8.27. The van der Waals surface area contributed by atoms with Crippen LogP contribution in [-0.2, 0) is 4.79 Å². The number of benzene rings is 1. The third kappa shape index (κ3) is 2.62. The van der Waals surface area contributed by atoms with Crippen LogP contribution in [0.5, 0.6) is 0 Å². The minimum absolute atomic E-state index is 0.0426. The van der Waals surface area contributed by atoms with Crippen molar-refractivity contribution in [2.24, 2.45) is 5.41 Å². The topological polar surface area (TPSA) is 77.8 Å². The number of carbonyl (C=O) groups excluding carboxylic acids is 1. The normalized spacial score (nSPS) is 21.6. The number of H-pyrrole nitrogens is 2. The first-order valence-electron chi connectivity index (χ1n) is 8.05. The van der Waals surface area contributed by atoms with E-state index < -0.39 is 5.92 Å². The quantitative estimate of drug-likeness (QED) is 0.696. The maximum atomic E-state index is 13.0. The SMILES string of the molecule is CC1(C)CC(=O)C2=C(C1)Nc1[nH][nH]c(=O)c1C2c1ccc(Cl)cc1Cl. The van der Waals surface area contributed by atoms with Crippen LogP contribution in [0.25, 0.3) is 0 Å². The van der Waals surface area contributed by atoms with E-state index in [1.165, 1.54) is 0 Å². The predicted octanol–water partition coefficient (Wildman–Crippen LogP) is 4.21. The molecule has 2 heterocycles. The lowest BCUT2D eigenvalue weighted by Gasteiger charge is -2.38. The van der Waals surface area contributed by atoms with Crippen LogP contribution in [-0.4, -0.2) is 16.0 Å². The number of carbonyl (C=O) groups is 1. The minimum atomic E-state index is -0.505. The summed E-state index contributed by atoms with van der Waals surface area (Å²) < 4.78 is 0. The lowest BCUT2D eigenvalue weighted by molar-refractivity contribution is -0.118. The molecule has 1 aromatic heterocycles. The third-order valence-electron chi connectivity index (χ3n) is 4.86. The summed E-state index contributed by atoms with van der Waals surface area (Å²) in [7, 11) is 0. The molecule has 7 heteroatoms. The summed E-state index contributed by atoms with van der Waals surface area (Å²) in [4.78, 5) is 25.4. The third-order valence-corrected chi connectivity index (χ3v) is 5.42. The number of Topliss-reactive ketones (excluding diaryl/α,β-unsaturated/α-hetero) is 1. The van der Waals surface area contributed by atoms with Crippen LogP contribution in [0, 0.1) is 5.41 Å². The first-order valence-corrected chi connectivity index (χ1v) is 8.81. The Balaban J connectivity index is 1.98. The molecule has 1 atom stereocenters. The van der Waals surface area contributed by atoms with E-state index >= 15 is 0 Å². The Bertz CT molecular complexity index is 984. The average Bonchev–Trinajstić information content (AvgIpc) is 2.85. The highest BCUT2D eigenvalue weighted by molar-refractivity contribution is 6.35. The van der Waals surface area contributed by atoms with Crippen molar-refractivity contribution in [3.05, 3.63) is 61.0 Å². The molecular weight excluding hydrogens is 361 g/mol. The van der Waals surface area contributed by atoms with E-state index in [9.17, 15) is 9.59 Å². The molecule has 1 aromatic carbocycles. The Labute approximate surface area is 154 Å². The van der Waals surface area contributed by atoms with Crippen LogP contribution >= 0.6 is 23.2 Å². The molecule has 2 aromatic rings. The molecule has 25 heavy (non-hydrogen) atoms. The number of aromatic amines is 2. The summed E-state index contributed by atoms with van der Waals surface area (Å²) in [6, 6.07) is 5.15. The van der Waals surface area contributed by atoms with Crippen molar-refractivity contribution in [1.82, 2.24) is 10.2 Å². The summed E-state index contributed by atoms with van der Waals surface area (Å²) >= 11 is 12.4. The van der Waals surface area contributed by atoms with Gasteiger partial charge < -0.3 is 5.32 Å². The number of allylic oxidation sites excluding steroid dienone is 2. The van der Waals surface area contributed by atoms with Crippen molar-refractivity contribution < 1.29 is 4.79 Å². The number of halogens is 2. The van der Waals surface area contributed by atoms with E-state index in [2.05, 4.69) is 29.4 Å². The molecule has 1 aliphatic heterocycles. The second kappa shape index (κ2) is 5.51. The maximum absolute atomic E-state index is 13.0. The maximum Gasteiger partial charge on any atom is 0.270 e. The van der Waals surface area contributed by atoms with E-state index in [-0.39, 0.29) is 16.8 Å². The molecule has 130 valence electrons. The Morgan fingerprint density at radius 2 is 1.88 bits per heavy atom. The Kier molecular flexibility index (Phi) is 3.63. The number of ketones is 1. The number of hydrogen-bond acceptors (Lipinski definition) is 3. The summed E-state index contributed by atoms with van der Waals surface area (Å²) in [6.07, 6.45) is 1.16. The molecule has 0 saturated carbocycles. The van der Waals surface area contributed by atoms with Crippen LogP contribution in [0.1, 0.15) is 43.7 Å². The average molecular weight is 378 g/mol. The van der Waals surface area contributed by atoms with Gasteiger partial charge in [0.25, 0.3) is 5.56 Å². The van der Waals surface area contributed by atoms with Crippen molar-refractivity contribution in [2.75, 3.05) is 5.32 Å². The molecule has 0 bridgehead atoms. The number of aromatic nitrogens is 2. The van der Waals surface area contributed by atoms with Crippen LogP contribution < -0.4 is 10.9 Å². The van der Waals surface area contributed by atoms with E-state index in [1.807, 2.05) is 0 Å². The Morgan fingerprint density at radius 1 is 1.12 bits per heavy atom. The summed E-state index contributed by atoms with van der Waals surface area (Å²) in [5.41, 5.74) is 2.27. The summed E-state index contributed by atoms with van der Waals surface area (Å²) in [5.74, 6) is 0.126. The molecule has 1 aliphatic carbocycles. The van der Waals surface area contributed by atoms with Crippen molar-refractivity contribution in [3.63, 3.8) is 0 Å². The van der Waals surface area contributed by atoms with Gasteiger partial charge in [0.1, 0.15) is 5.82 Å². The zero-order chi connectivity index (χ0) is 17.9. The zero-order valence-corrected chi connectivity index (χ0v) is 15.3. The van der Waals surface area contributed by atoms with Gasteiger partial charge >= 0.3 is 0 Å².